The molecule has 7 N–H and O–H groups in total. The van der Waals surface area contributed by atoms with Crippen molar-refractivity contribution in [3.8, 4) is 0 Å². The number of rotatable bonds is 17. The quantitative estimate of drug-likeness (QED) is 0.184. The van der Waals surface area contributed by atoms with Crippen LogP contribution in [-0.4, -0.2) is 76.4 Å². The van der Waals surface area contributed by atoms with E-state index in [0.29, 0.717) is 39.2 Å². The molecular weight excluding hydrogens is 354 g/mol. The van der Waals surface area contributed by atoms with Gasteiger partial charge in [-0.2, -0.15) is 0 Å². The van der Waals surface area contributed by atoms with E-state index in [-0.39, 0.29) is 56.4 Å². The van der Waals surface area contributed by atoms with Gasteiger partial charge in [-0.1, -0.05) is 0 Å². The van der Waals surface area contributed by atoms with E-state index in [1.807, 2.05) is 0 Å². The summed E-state index contributed by atoms with van der Waals surface area (Å²) < 4.78 is 10.7. The van der Waals surface area contributed by atoms with Crippen molar-refractivity contribution in [1.82, 2.24) is 16.0 Å². The lowest BCUT2D eigenvalue weighted by atomic mass is 10.3. The Balaban J connectivity index is 3.44. The predicted molar refractivity (Wildman–Crippen MR) is 102 cm³/mol. The molecule has 0 aliphatic heterocycles. The molecule has 0 aromatic carbocycles. The third-order valence-electron chi connectivity index (χ3n) is 3.36. The lowest BCUT2D eigenvalue weighted by Crippen LogP contribution is -2.33. The summed E-state index contributed by atoms with van der Waals surface area (Å²) in [6, 6.07) is -0.314. The van der Waals surface area contributed by atoms with E-state index >= 15 is 0 Å². The van der Waals surface area contributed by atoms with Gasteiger partial charge in [-0.05, 0) is 19.4 Å². The number of ether oxygens (including phenoxy) is 2. The zero-order valence-corrected chi connectivity index (χ0v) is 16.3. The normalized spacial score (nSPS) is 11.7. The van der Waals surface area contributed by atoms with Gasteiger partial charge in [0.25, 0.3) is 0 Å². The first kappa shape index (κ1) is 25.2. The van der Waals surface area contributed by atoms with Crippen LogP contribution in [0.2, 0.25) is 0 Å². The Morgan fingerprint density at radius 3 is 1.81 bits per heavy atom. The fourth-order valence-corrected chi connectivity index (χ4v) is 1.93. The average molecular weight is 389 g/mol. The lowest BCUT2D eigenvalue weighted by molar-refractivity contribution is -0.122. The molecule has 10 nitrogen and oxygen atoms in total. The molecule has 0 aromatic rings. The van der Waals surface area contributed by atoms with E-state index in [0.717, 1.165) is 6.42 Å². The first-order valence-corrected chi connectivity index (χ1v) is 9.34. The van der Waals surface area contributed by atoms with Gasteiger partial charge >= 0.3 is 0 Å². The maximum absolute atomic E-state index is 11.6. The summed E-state index contributed by atoms with van der Waals surface area (Å²) in [6.07, 6.45) is 1.96. The molecule has 27 heavy (non-hydrogen) atoms. The highest BCUT2D eigenvalue weighted by atomic mass is 16.5. The zero-order chi connectivity index (χ0) is 20.3. The van der Waals surface area contributed by atoms with Gasteiger partial charge in [-0.15, -0.1) is 0 Å². The van der Waals surface area contributed by atoms with Crippen molar-refractivity contribution in [2.45, 2.75) is 38.6 Å². The van der Waals surface area contributed by atoms with Crippen molar-refractivity contribution in [3.05, 3.63) is 0 Å². The molecule has 1 unspecified atom stereocenters. The standard InChI is InChI=1S/C17H35N5O5/c1-14(23)20-8-3-9-22-17(25)5-11-27-13-15(19)12-26-10-4-16(24)21-7-2-6-18/h15H,2-13,18-19H2,1H3,(H,20,23)(H,21,24)(H,22,25). The SMILES string of the molecule is CC(=O)NCCCNC(=O)CCOCC(N)COCCC(=O)NCCCN. The van der Waals surface area contributed by atoms with Gasteiger partial charge in [0.2, 0.25) is 17.7 Å². The number of amides is 3. The number of nitrogens with two attached hydrogens (primary N) is 2. The highest BCUT2D eigenvalue weighted by molar-refractivity contribution is 5.76. The molecule has 0 saturated carbocycles. The molecule has 0 aliphatic rings. The van der Waals surface area contributed by atoms with Crippen molar-refractivity contribution in [3.63, 3.8) is 0 Å². The van der Waals surface area contributed by atoms with Crippen molar-refractivity contribution < 1.29 is 23.9 Å². The van der Waals surface area contributed by atoms with Gasteiger partial charge in [-0.3, -0.25) is 14.4 Å². The average Bonchev–Trinajstić information content (AvgIpc) is 2.62. The molecule has 0 spiro atoms. The topological polar surface area (TPSA) is 158 Å². The predicted octanol–water partition coefficient (Wildman–Crippen LogP) is -1.77. The van der Waals surface area contributed by atoms with Gasteiger partial charge in [0.15, 0.2) is 0 Å². The number of carbonyl (C=O) groups is 3. The van der Waals surface area contributed by atoms with Crippen molar-refractivity contribution in [1.29, 1.82) is 0 Å². The summed E-state index contributed by atoms with van der Waals surface area (Å²) in [4.78, 5) is 33.7. The summed E-state index contributed by atoms with van der Waals surface area (Å²) in [5.74, 6) is -0.263. The first-order chi connectivity index (χ1) is 13.0. The van der Waals surface area contributed by atoms with Crippen LogP contribution in [0.1, 0.15) is 32.6 Å². The van der Waals surface area contributed by atoms with Gasteiger partial charge in [0.05, 0.1) is 32.5 Å². The van der Waals surface area contributed by atoms with E-state index in [9.17, 15) is 14.4 Å². The summed E-state index contributed by atoms with van der Waals surface area (Å²) in [5.41, 5.74) is 11.2. The Morgan fingerprint density at radius 2 is 1.33 bits per heavy atom. The molecule has 0 heterocycles. The molecule has 0 aromatic heterocycles. The lowest BCUT2D eigenvalue weighted by Gasteiger charge is -2.13. The van der Waals surface area contributed by atoms with Crippen molar-refractivity contribution in [2.75, 3.05) is 52.6 Å². The molecule has 0 aliphatic carbocycles. The van der Waals surface area contributed by atoms with Crippen molar-refractivity contribution >= 4 is 17.7 Å². The number of nitrogens with one attached hydrogen (secondary N) is 3. The highest BCUT2D eigenvalue weighted by Gasteiger charge is 2.06. The molecule has 0 rings (SSSR count). The van der Waals surface area contributed by atoms with Gasteiger partial charge in [0.1, 0.15) is 0 Å². The minimum atomic E-state index is -0.314. The van der Waals surface area contributed by atoms with E-state index < -0.39 is 0 Å². The second-order valence-corrected chi connectivity index (χ2v) is 6.09. The van der Waals surface area contributed by atoms with Crippen LogP contribution in [0.25, 0.3) is 0 Å². The van der Waals surface area contributed by atoms with Crippen LogP contribution in [0.15, 0.2) is 0 Å². The monoisotopic (exact) mass is 389 g/mol. The molecule has 0 saturated heterocycles. The highest BCUT2D eigenvalue weighted by Crippen LogP contribution is 1.90. The largest absolute Gasteiger partial charge is 0.379 e. The summed E-state index contributed by atoms with van der Waals surface area (Å²) >= 11 is 0. The van der Waals surface area contributed by atoms with Crippen LogP contribution in [0.3, 0.4) is 0 Å². The Bertz CT molecular complexity index is 423. The fourth-order valence-electron chi connectivity index (χ4n) is 1.93. The van der Waals surface area contributed by atoms with Gasteiger partial charge in [0, 0.05) is 39.4 Å². The van der Waals surface area contributed by atoms with Crippen LogP contribution in [0.4, 0.5) is 0 Å². The van der Waals surface area contributed by atoms with E-state index in [1.54, 1.807) is 0 Å². The molecular formula is C17H35N5O5. The smallest absolute Gasteiger partial charge is 0.222 e. The summed E-state index contributed by atoms with van der Waals surface area (Å²) in [6.45, 7) is 4.75. The summed E-state index contributed by atoms with van der Waals surface area (Å²) in [5, 5.41) is 8.14. The minimum absolute atomic E-state index is 0.0728. The Labute approximate surface area is 161 Å². The Kier molecular flexibility index (Phi) is 16.5. The molecule has 0 fully saturated rings. The molecule has 3 amide bonds. The second-order valence-electron chi connectivity index (χ2n) is 6.09. The number of hydrogen-bond donors (Lipinski definition) is 5. The molecule has 0 radical (unpaired) electrons. The van der Waals surface area contributed by atoms with Crippen LogP contribution >= 0.6 is 0 Å². The maximum Gasteiger partial charge on any atom is 0.222 e. The van der Waals surface area contributed by atoms with Crippen LogP contribution in [-0.2, 0) is 23.9 Å². The van der Waals surface area contributed by atoms with E-state index in [1.165, 1.54) is 6.92 Å². The Morgan fingerprint density at radius 1 is 0.852 bits per heavy atom. The fraction of sp³-hybridized carbons (Fsp3) is 0.824. The van der Waals surface area contributed by atoms with Crippen LogP contribution in [0, 0.1) is 0 Å². The van der Waals surface area contributed by atoms with E-state index in [4.69, 9.17) is 20.9 Å². The molecule has 1 atom stereocenters. The van der Waals surface area contributed by atoms with Crippen molar-refractivity contribution in [2.24, 2.45) is 11.5 Å². The van der Waals surface area contributed by atoms with Crippen LogP contribution < -0.4 is 27.4 Å². The van der Waals surface area contributed by atoms with Gasteiger partial charge in [-0.25, -0.2) is 0 Å². The number of carbonyl (C=O) groups excluding carboxylic acids is 3. The molecule has 158 valence electrons. The third kappa shape index (κ3) is 18.8. The maximum atomic E-state index is 11.6. The minimum Gasteiger partial charge on any atom is -0.379 e. The van der Waals surface area contributed by atoms with Crippen LogP contribution in [0.5, 0.6) is 0 Å². The summed E-state index contributed by atoms with van der Waals surface area (Å²) in [7, 11) is 0. The van der Waals surface area contributed by atoms with Gasteiger partial charge < -0.3 is 36.9 Å². The van der Waals surface area contributed by atoms with E-state index in [2.05, 4.69) is 16.0 Å². The first-order valence-electron chi connectivity index (χ1n) is 9.34. The molecule has 10 heteroatoms. The second kappa shape index (κ2) is 17.7. The zero-order valence-electron chi connectivity index (χ0n) is 16.3. The number of hydrogen-bond acceptors (Lipinski definition) is 7. The molecule has 0 bridgehead atoms. The third-order valence-corrected chi connectivity index (χ3v) is 3.36. The Hall–Kier alpha value is -1.75.